The number of aromatic amines is 3. The van der Waals surface area contributed by atoms with Crippen LogP contribution in [0.2, 0.25) is 0 Å². The Hall–Kier alpha value is -4.40. The van der Waals surface area contributed by atoms with Gasteiger partial charge in [0.25, 0.3) is 0 Å². The van der Waals surface area contributed by atoms with Gasteiger partial charge in [0.2, 0.25) is 0 Å². The molecule has 9 nitrogen and oxygen atoms in total. The van der Waals surface area contributed by atoms with Crippen LogP contribution in [0.4, 0.5) is 0 Å². The molecule has 0 bridgehead atoms. The van der Waals surface area contributed by atoms with Crippen LogP contribution in [0, 0.1) is 17.7 Å². The number of hydrogen-bond donors (Lipinski definition) is 7. The molecule has 3 heterocycles. The topological polar surface area (TPSA) is 173 Å². The molecule has 0 saturated carbocycles. The lowest BCUT2D eigenvalue weighted by atomic mass is 10.2. The van der Waals surface area contributed by atoms with Crippen LogP contribution < -0.4 is 11.5 Å². The van der Waals surface area contributed by atoms with Crippen molar-refractivity contribution >= 4 is 33.7 Å². The maximum atomic E-state index is 7.60. The van der Waals surface area contributed by atoms with Crippen molar-refractivity contribution < 1.29 is 0 Å². The van der Waals surface area contributed by atoms with Crippen molar-refractivity contribution in [1.29, 1.82) is 10.8 Å². The lowest BCUT2D eigenvalue weighted by Crippen LogP contribution is -2.10. The van der Waals surface area contributed by atoms with Crippen LogP contribution in [-0.2, 0) is 0 Å². The number of nitrogens with one attached hydrogen (secondary N) is 5. The molecule has 2 aromatic carbocycles. The molecule has 0 amide bonds. The zero-order valence-electron chi connectivity index (χ0n) is 16.1. The van der Waals surface area contributed by atoms with Gasteiger partial charge < -0.3 is 26.4 Å². The summed E-state index contributed by atoms with van der Waals surface area (Å²) in [6, 6.07) is 12.9. The molecule has 0 aliphatic rings. The first-order chi connectivity index (χ1) is 14.4. The number of aromatic nitrogens is 5. The fourth-order valence-corrected chi connectivity index (χ4v) is 3.53. The smallest absolute Gasteiger partial charge is 0.155 e. The Morgan fingerprint density at radius 3 is 1.87 bits per heavy atom. The minimum absolute atomic E-state index is 0.0175. The molecule has 0 fully saturated rings. The van der Waals surface area contributed by atoms with Crippen molar-refractivity contribution in [3.05, 3.63) is 59.2 Å². The number of rotatable bonds is 4. The summed E-state index contributed by atoms with van der Waals surface area (Å²) in [7, 11) is 0. The summed E-state index contributed by atoms with van der Waals surface area (Å²) in [5.41, 5.74) is 18.4. The van der Waals surface area contributed by atoms with Crippen molar-refractivity contribution in [3.63, 3.8) is 0 Å². The Morgan fingerprint density at radius 1 is 0.767 bits per heavy atom. The molecule has 9 heteroatoms. The van der Waals surface area contributed by atoms with Crippen LogP contribution in [-0.4, -0.2) is 36.6 Å². The molecular formula is C21H19N9. The highest BCUT2D eigenvalue weighted by molar-refractivity contribution is 5.99. The van der Waals surface area contributed by atoms with Crippen LogP contribution in [0.3, 0.4) is 0 Å². The first kappa shape index (κ1) is 17.7. The van der Waals surface area contributed by atoms with Crippen LogP contribution in [0.1, 0.15) is 16.7 Å². The van der Waals surface area contributed by atoms with E-state index in [9.17, 15) is 0 Å². The maximum absolute atomic E-state index is 7.60. The molecule has 3 aromatic heterocycles. The zero-order chi connectivity index (χ0) is 21.0. The van der Waals surface area contributed by atoms with E-state index < -0.39 is 0 Å². The van der Waals surface area contributed by atoms with Gasteiger partial charge in [0.1, 0.15) is 11.7 Å². The van der Waals surface area contributed by atoms with Gasteiger partial charge in [-0.3, -0.25) is 10.8 Å². The SMILES string of the molecule is Cc1cc(-c2nc3ccc(C(=N)N)cc3[nH]2)[nH]c1-c1nc2ccc(C(=N)N)cc2[nH]1. The lowest BCUT2D eigenvalue weighted by Gasteiger charge is -1.96. The normalized spacial score (nSPS) is 11.4. The highest BCUT2D eigenvalue weighted by atomic mass is 15.0. The molecule has 0 atom stereocenters. The van der Waals surface area contributed by atoms with E-state index in [1.165, 1.54) is 0 Å². The molecule has 0 saturated heterocycles. The molecule has 9 N–H and O–H groups in total. The molecular weight excluding hydrogens is 378 g/mol. The predicted octanol–water partition coefficient (Wildman–Crippen LogP) is 2.98. The number of hydrogen-bond acceptors (Lipinski definition) is 4. The third-order valence-electron chi connectivity index (χ3n) is 5.09. The Balaban J connectivity index is 1.56. The van der Waals surface area contributed by atoms with Gasteiger partial charge in [-0.1, -0.05) is 0 Å². The first-order valence-corrected chi connectivity index (χ1v) is 9.28. The minimum Gasteiger partial charge on any atom is -0.384 e. The van der Waals surface area contributed by atoms with Crippen LogP contribution in [0.5, 0.6) is 0 Å². The highest BCUT2D eigenvalue weighted by Crippen LogP contribution is 2.28. The summed E-state index contributed by atoms with van der Waals surface area (Å²) in [5, 5.41) is 15.2. The number of imidazole rings is 2. The molecule has 5 rings (SSSR count). The lowest BCUT2D eigenvalue weighted by molar-refractivity contribution is 1.23. The second kappa shape index (κ2) is 6.31. The van der Waals surface area contributed by atoms with Crippen molar-refractivity contribution in [2.75, 3.05) is 0 Å². The van der Waals surface area contributed by atoms with E-state index in [0.29, 0.717) is 22.8 Å². The Kier molecular flexibility index (Phi) is 3.72. The average Bonchev–Trinajstić information content (AvgIpc) is 3.41. The second-order valence-electron chi connectivity index (χ2n) is 7.20. The first-order valence-electron chi connectivity index (χ1n) is 9.28. The van der Waals surface area contributed by atoms with E-state index in [1.807, 2.05) is 37.3 Å². The molecule has 0 aliphatic carbocycles. The third kappa shape index (κ3) is 2.80. The quantitative estimate of drug-likeness (QED) is 0.182. The van der Waals surface area contributed by atoms with Gasteiger partial charge >= 0.3 is 0 Å². The van der Waals surface area contributed by atoms with Crippen molar-refractivity contribution in [2.45, 2.75) is 6.92 Å². The summed E-state index contributed by atoms with van der Waals surface area (Å²) in [4.78, 5) is 19.3. The van der Waals surface area contributed by atoms with Crippen molar-refractivity contribution in [3.8, 4) is 23.0 Å². The fourth-order valence-electron chi connectivity index (χ4n) is 3.53. The number of fused-ring (bicyclic) bond motifs is 2. The number of nitrogens with two attached hydrogens (primary N) is 2. The Morgan fingerprint density at radius 2 is 1.30 bits per heavy atom. The summed E-state index contributed by atoms with van der Waals surface area (Å²) < 4.78 is 0. The largest absolute Gasteiger partial charge is 0.384 e. The number of amidine groups is 2. The highest BCUT2D eigenvalue weighted by Gasteiger charge is 2.15. The second-order valence-corrected chi connectivity index (χ2v) is 7.20. The van der Waals surface area contributed by atoms with E-state index in [4.69, 9.17) is 22.3 Å². The van der Waals surface area contributed by atoms with Gasteiger partial charge in [-0.25, -0.2) is 9.97 Å². The summed E-state index contributed by atoms with van der Waals surface area (Å²) >= 11 is 0. The minimum atomic E-state index is 0.0175. The molecule has 5 aromatic rings. The summed E-state index contributed by atoms with van der Waals surface area (Å²) in [6.45, 7) is 2.00. The van der Waals surface area contributed by atoms with Crippen LogP contribution in [0.15, 0.2) is 42.5 Å². The molecule has 0 unspecified atom stereocenters. The summed E-state index contributed by atoms with van der Waals surface area (Å²) in [5.74, 6) is 1.42. The van der Waals surface area contributed by atoms with Gasteiger partial charge in [0, 0.05) is 11.1 Å². The number of benzene rings is 2. The molecule has 0 radical (unpaired) electrons. The average molecular weight is 397 g/mol. The van der Waals surface area contributed by atoms with Gasteiger partial charge in [-0.2, -0.15) is 0 Å². The maximum Gasteiger partial charge on any atom is 0.155 e. The monoisotopic (exact) mass is 397 g/mol. The summed E-state index contributed by atoms with van der Waals surface area (Å²) in [6.07, 6.45) is 0. The Labute approximate surface area is 170 Å². The van der Waals surface area contributed by atoms with Gasteiger partial charge in [-0.15, -0.1) is 0 Å². The van der Waals surface area contributed by atoms with Gasteiger partial charge in [-0.05, 0) is 55.0 Å². The number of H-pyrrole nitrogens is 3. The predicted molar refractivity (Wildman–Crippen MR) is 118 cm³/mol. The third-order valence-corrected chi connectivity index (χ3v) is 5.09. The van der Waals surface area contributed by atoms with Crippen LogP contribution >= 0.6 is 0 Å². The van der Waals surface area contributed by atoms with E-state index in [2.05, 4.69) is 24.9 Å². The van der Waals surface area contributed by atoms with E-state index >= 15 is 0 Å². The van der Waals surface area contributed by atoms with E-state index in [-0.39, 0.29) is 11.7 Å². The van der Waals surface area contributed by atoms with Crippen LogP contribution in [0.25, 0.3) is 45.1 Å². The van der Waals surface area contributed by atoms with Crippen molar-refractivity contribution in [2.24, 2.45) is 11.5 Å². The van der Waals surface area contributed by atoms with Gasteiger partial charge in [0.05, 0.1) is 33.5 Å². The number of aryl methyl sites for hydroxylation is 1. The molecule has 148 valence electrons. The number of nitrogens with zero attached hydrogens (tertiary/aromatic N) is 2. The fraction of sp³-hybridized carbons (Fsp3) is 0.0476. The van der Waals surface area contributed by atoms with Gasteiger partial charge in [0.15, 0.2) is 11.6 Å². The standard InChI is InChI=1S/C21H19N9/c1-9-6-16(20-27-12-4-2-10(18(22)23)7-14(12)29-20)26-17(9)21-28-13-5-3-11(19(24)25)8-15(13)30-21/h2-8,26H,1H3,(H3,22,23)(H3,24,25)(H,27,29)(H,28,30). The molecule has 30 heavy (non-hydrogen) atoms. The van der Waals surface area contributed by atoms with E-state index in [0.717, 1.165) is 39.0 Å². The number of nitrogen functional groups attached to an aromatic ring is 2. The van der Waals surface area contributed by atoms with Crippen molar-refractivity contribution in [1.82, 2.24) is 24.9 Å². The molecule has 0 aliphatic heterocycles. The van der Waals surface area contributed by atoms with E-state index in [1.54, 1.807) is 12.1 Å². The molecule has 0 spiro atoms. The zero-order valence-corrected chi connectivity index (χ0v) is 16.1. The Bertz CT molecular complexity index is 1460.